The number of ketones is 1. The molecule has 3 heterocycles. The van der Waals surface area contributed by atoms with Gasteiger partial charge in [0.15, 0.2) is 11.5 Å². The Bertz CT molecular complexity index is 981. The lowest BCUT2D eigenvalue weighted by atomic mass is 9.91. The third-order valence-corrected chi connectivity index (χ3v) is 6.74. The maximum absolute atomic E-state index is 13.5. The van der Waals surface area contributed by atoms with Crippen LogP contribution in [-0.2, 0) is 9.59 Å². The number of hydrogen-bond acceptors (Lipinski definition) is 5. The van der Waals surface area contributed by atoms with E-state index in [9.17, 15) is 14.7 Å². The summed E-state index contributed by atoms with van der Waals surface area (Å²) in [6.07, 6.45) is 2.96. The fraction of sp³-hybridized carbons (Fsp3) is 0.360. The molecular weight excluding hydrogens is 390 g/mol. The fourth-order valence-electron chi connectivity index (χ4n) is 5.29. The second-order valence-electron chi connectivity index (χ2n) is 8.67. The summed E-state index contributed by atoms with van der Waals surface area (Å²) in [7, 11) is 0. The van der Waals surface area contributed by atoms with Crippen LogP contribution in [0.5, 0.6) is 0 Å². The summed E-state index contributed by atoms with van der Waals surface area (Å²) >= 11 is 0. The summed E-state index contributed by atoms with van der Waals surface area (Å²) in [5.74, 6) is -1.06. The van der Waals surface area contributed by atoms with E-state index in [1.54, 1.807) is 0 Å². The summed E-state index contributed by atoms with van der Waals surface area (Å²) in [6.45, 7) is 2.66. The van der Waals surface area contributed by atoms with Gasteiger partial charge in [-0.05, 0) is 37.3 Å². The van der Waals surface area contributed by atoms with Gasteiger partial charge in [-0.25, -0.2) is 5.01 Å². The number of aliphatic hydroxyl groups is 1. The number of carbonyl (C=O) groups is 2. The highest BCUT2D eigenvalue weighted by Crippen LogP contribution is 2.39. The number of carbonyl (C=O) groups excluding carboxylic acids is 2. The molecule has 1 N–H and O–H groups in total. The average Bonchev–Trinajstić information content (AvgIpc) is 2.78. The zero-order valence-corrected chi connectivity index (χ0v) is 17.6. The lowest BCUT2D eigenvalue weighted by molar-refractivity contribution is -0.158. The van der Waals surface area contributed by atoms with Gasteiger partial charge >= 0.3 is 0 Å². The first kappa shape index (κ1) is 19.8. The Morgan fingerprint density at radius 3 is 2.16 bits per heavy atom. The van der Waals surface area contributed by atoms with Gasteiger partial charge in [-0.2, -0.15) is 0 Å². The van der Waals surface area contributed by atoms with Gasteiger partial charge in [0, 0.05) is 6.04 Å². The molecule has 0 aliphatic carbocycles. The second-order valence-corrected chi connectivity index (χ2v) is 8.67. The first-order chi connectivity index (χ1) is 15.1. The molecule has 2 atom stereocenters. The van der Waals surface area contributed by atoms with E-state index in [2.05, 4.69) is 6.92 Å². The van der Waals surface area contributed by atoms with Crippen molar-refractivity contribution in [3.8, 4) is 0 Å². The van der Waals surface area contributed by atoms with E-state index in [4.69, 9.17) is 0 Å². The van der Waals surface area contributed by atoms with Crippen LogP contribution in [0.3, 0.4) is 0 Å². The molecule has 1 amide bonds. The van der Waals surface area contributed by atoms with Crippen LogP contribution in [0, 0.1) is 0 Å². The molecular formula is C25H27N3O3. The van der Waals surface area contributed by atoms with Crippen molar-refractivity contribution >= 4 is 11.7 Å². The standard InChI is InChI=1S/C25H27N3O3/c1-17-9-8-14-20-15-26-23(25(31)28(17)20)24(30)21(29)16-27(26)22(18-10-4-2-5-11-18)19-12-6-3-7-13-19/h2-7,10-13,17,20,22,30H,8-9,14-16H2,1H3. The van der Waals surface area contributed by atoms with E-state index in [-0.39, 0.29) is 36.3 Å². The summed E-state index contributed by atoms with van der Waals surface area (Å²) in [5.41, 5.74) is 2.20. The predicted molar refractivity (Wildman–Crippen MR) is 117 cm³/mol. The minimum Gasteiger partial charge on any atom is -0.503 e. The number of nitrogens with zero attached hydrogens (tertiary/aromatic N) is 3. The fourth-order valence-corrected chi connectivity index (χ4v) is 5.29. The minimum absolute atomic E-state index is 0.0271. The molecule has 3 aliphatic heterocycles. The number of benzene rings is 2. The monoisotopic (exact) mass is 417 g/mol. The second kappa shape index (κ2) is 7.85. The van der Waals surface area contributed by atoms with Crippen molar-refractivity contribution in [3.63, 3.8) is 0 Å². The predicted octanol–water partition coefficient (Wildman–Crippen LogP) is 3.43. The molecule has 2 unspecified atom stereocenters. The van der Waals surface area contributed by atoms with E-state index in [1.165, 1.54) is 0 Å². The van der Waals surface area contributed by atoms with E-state index in [0.717, 1.165) is 30.4 Å². The maximum Gasteiger partial charge on any atom is 0.276 e. The molecule has 6 heteroatoms. The zero-order chi connectivity index (χ0) is 21.5. The highest BCUT2D eigenvalue weighted by molar-refractivity contribution is 6.06. The van der Waals surface area contributed by atoms with Crippen molar-refractivity contribution in [2.24, 2.45) is 0 Å². The lowest BCUT2D eigenvalue weighted by Gasteiger charge is -2.53. The molecule has 6 nitrogen and oxygen atoms in total. The van der Waals surface area contributed by atoms with Crippen molar-refractivity contribution in [1.29, 1.82) is 0 Å². The van der Waals surface area contributed by atoms with Crippen molar-refractivity contribution in [2.45, 2.75) is 44.3 Å². The van der Waals surface area contributed by atoms with Gasteiger partial charge in [-0.3, -0.25) is 14.6 Å². The molecule has 3 aliphatic rings. The number of hydrogen-bond donors (Lipinski definition) is 1. The van der Waals surface area contributed by atoms with Crippen molar-refractivity contribution in [2.75, 3.05) is 13.1 Å². The summed E-state index contributed by atoms with van der Waals surface area (Å²) in [6, 6.07) is 20.0. The van der Waals surface area contributed by atoms with Crippen LogP contribution in [-0.4, -0.2) is 56.9 Å². The van der Waals surface area contributed by atoms with Gasteiger partial charge in [0.1, 0.15) is 0 Å². The summed E-state index contributed by atoms with van der Waals surface area (Å²) in [5, 5.41) is 14.5. The number of amides is 1. The highest BCUT2D eigenvalue weighted by Gasteiger charge is 2.48. The molecule has 0 spiro atoms. The number of aliphatic hydroxyl groups excluding tert-OH is 1. The van der Waals surface area contributed by atoms with Gasteiger partial charge in [0.25, 0.3) is 5.91 Å². The molecule has 0 aromatic heterocycles. The zero-order valence-electron chi connectivity index (χ0n) is 17.6. The third kappa shape index (κ3) is 3.31. The molecule has 0 saturated carbocycles. The molecule has 2 aromatic carbocycles. The van der Waals surface area contributed by atoms with Crippen molar-refractivity contribution < 1.29 is 14.7 Å². The van der Waals surface area contributed by atoms with E-state index < -0.39 is 11.5 Å². The Hall–Kier alpha value is -3.12. The highest BCUT2D eigenvalue weighted by atomic mass is 16.3. The molecule has 0 radical (unpaired) electrons. The van der Waals surface area contributed by atoms with Crippen LogP contribution < -0.4 is 0 Å². The maximum atomic E-state index is 13.5. The van der Waals surface area contributed by atoms with E-state index in [0.29, 0.717) is 6.54 Å². The number of piperazine rings is 1. The van der Waals surface area contributed by atoms with Crippen LogP contribution in [0.15, 0.2) is 72.1 Å². The summed E-state index contributed by atoms with van der Waals surface area (Å²) < 4.78 is 0. The van der Waals surface area contributed by atoms with Crippen LogP contribution in [0.2, 0.25) is 0 Å². The van der Waals surface area contributed by atoms with Crippen LogP contribution in [0.25, 0.3) is 0 Å². The summed E-state index contributed by atoms with van der Waals surface area (Å²) in [4.78, 5) is 28.2. The normalized spacial score (nSPS) is 24.5. The van der Waals surface area contributed by atoms with Gasteiger partial charge < -0.3 is 10.0 Å². The van der Waals surface area contributed by atoms with E-state index in [1.807, 2.05) is 75.6 Å². The third-order valence-electron chi connectivity index (χ3n) is 6.74. The Morgan fingerprint density at radius 1 is 0.935 bits per heavy atom. The topological polar surface area (TPSA) is 64.1 Å². The molecule has 31 heavy (non-hydrogen) atoms. The number of rotatable bonds is 3. The Balaban J connectivity index is 1.62. The molecule has 2 fully saturated rings. The Kier molecular flexibility index (Phi) is 5.02. The van der Waals surface area contributed by atoms with E-state index >= 15 is 0 Å². The average molecular weight is 418 g/mol. The van der Waals surface area contributed by atoms with Gasteiger partial charge in [0.05, 0.1) is 25.2 Å². The van der Waals surface area contributed by atoms with Crippen molar-refractivity contribution in [1.82, 2.24) is 14.9 Å². The molecule has 160 valence electrons. The molecule has 2 saturated heterocycles. The first-order valence-corrected chi connectivity index (χ1v) is 11.0. The van der Waals surface area contributed by atoms with Crippen LogP contribution in [0.4, 0.5) is 0 Å². The van der Waals surface area contributed by atoms with Gasteiger partial charge in [-0.1, -0.05) is 60.7 Å². The lowest BCUT2D eigenvalue weighted by Crippen LogP contribution is -2.65. The first-order valence-electron chi connectivity index (χ1n) is 11.0. The number of hydrazine groups is 1. The molecule has 5 rings (SSSR count). The van der Waals surface area contributed by atoms with Crippen LogP contribution >= 0.6 is 0 Å². The SMILES string of the molecule is CC1CCCC2CN3C(=C(O)C(=O)CN3C(c3ccccc3)c3ccccc3)C(=O)N12. The number of piperidine rings is 1. The van der Waals surface area contributed by atoms with Gasteiger partial charge in [-0.15, -0.1) is 0 Å². The molecule has 0 bridgehead atoms. The number of Topliss-reactive ketones (excluding diaryl/α,β-unsaturated/α-hetero) is 1. The smallest absolute Gasteiger partial charge is 0.276 e. The largest absolute Gasteiger partial charge is 0.503 e. The molecule has 2 aromatic rings. The Morgan fingerprint density at radius 2 is 1.55 bits per heavy atom. The Labute approximate surface area is 182 Å². The van der Waals surface area contributed by atoms with Gasteiger partial charge in [0.2, 0.25) is 5.78 Å². The van der Waals surface area contributed by atoms with Crippen LogP contribution in [0.1, 0.15) is 43.4 Å². The van der Waals surface area contributed by atoms with Crippen molar-refractivity contribution in [3.05, 3.63) is 83.2 Å². The quantitative estimate of drug-likeness (QED) is 0.829. The number of fused-ring (bicyclic) bond motifs is 2. The minimum atomic E-state index is -0.417.